The lowest BCUT2D eigenvalue weighted by atomic mass is 10.2. The number of para-hydroxylation sites is 2. The van der Waals surface area contributed by atoms with Crippen LogP contribution in [0.15, 0.2) is 42.7 Å². The van der Waals surface area contributed by atoms with Gasteiger partial charge in [0, 0.05) is 45.0 Å². The van der Waals surface area contributed by atoms with E-state index in [-0.39, 0.29) is 5.91 Å². The summed E-state index contributed by atoms with van der Waals surface area (Å²) >= 11 is 0. The van der Waals surface area contributed by atoms with Crippen LogP contribution in [-0.2, 0) is 4.79 Å². The van der Waals surface area contributed by atoms with Crippen LogP contribution in [-0.4, -0.2) is 60.2 Å². The molecule has 2 aromatic rings. The Morgan fingerprint density at radius 3 is 2.33 bits per heavy atom. The lowest BCUT2D eigenvalue weighted by Gasteiger charge is -2.34. The van der Waals surface area contributed by atoms with E-state index in [1.165, 1.54) is 0 Å². The van der Waals surface area contributed by atoms with Gasteiger partial charge < -0.3 is 19.3 Å². The summed E-state index contributed by atoms with van der Waals surface area (Å²) in [6, 6.07) is 9.41. The highest BCUT2D eigenvalue weighted by molar-refractivity contribution is 5.76. The van der Waals surface area contributed by atoms with Crippen LogP contribution in [0.2, 0.25) is 0 Å². The zero-order chi connectivity index (χ0) is 18.9. The molecule has 1 amide bonds. The Labute approximate surface area is 159 Å². The second-order valence-corrected chi connectivity index (χ2v) is 6.25. The predicted octanol–water partition coefficient (Wildman–Crippen LogP) is 2.38. The molecule has 0 radical (unpaired) electrons. The molecule has 0 aliphatic carbocycles. The Kier molecular flexibility index (Phi) is 6.84. The molecular weight excluding hydrogens is 344 g/mol. The van der Waals surface area contributed by atoms with Crippen LogP contribution in [0.25, 0.3) is 0 Å². The molecular formula is C20H26N4O3. The van der Waals surface area contributed by atoms with Gasteiger partial charge in [-0.1, -0.05) is 12.1 Å². The highest BCUT2D eigenvalue weighted by atomic mass is 16.5. The number of amides is 1. The number of carbonyl (C=O) groups excluding carboxylic acids is 1. The van der Waals surface area contributed by atoms with Crippen molar-refractivity contribution >= 4 is 11.9 Å². The third-order valence-electron chi connectivity index (χ3n) is 4.41. The number of aromatic nitrogens is 2. The van der Waals surface area contributed by atoms with Gasteiger partial charge in [0.25, 0.3) is 0 Å². The Hall–Kier alpha value is -2.83. The smallest absolute Gasteiger partial charge is 0.225 e. The molecule has 1 saturated heterocycles. The van der Waals surface area contributed by atoms with Gasteiger partial charge in [-0.3, -0.25) is 4.79 Å². The summed E-state index contributed by atoms with van der Waals surface area (Å²) in [7, 11) is 0. The van der Waals surface area contributed by atoms with Crippen LogP contribution >= 0.6 is 0 Å². The summed E-state index contributed by atoms with van der Waals surface area (Å²) < 4.78 is 11.3. The van der Waals surface area contributed by atoms with E-state index >= 15 is 0 Å². The van der Waals surface area contributed by atoms with Crippen LogP contribution in [0.3, 0.4) is 0 Å². The molecule has 0 spiro atoms. The summed E-state index contributed by atoms with van der Waals surface area (Å²) in [5.41, 5.74) is 0. The highest BCUT2D eigenvalue weighted by Crippen LogP contribution is 2.26. The maximum Gasteiger partial charge on any atom is 0.225 e. The van der Waals surface area contributed by atoms with Crippen molar-refractivity contribution < 1.29 is 14.3 Å². The molecule has 27 heavy (non-hydrogen) atoms. The highest BCUT2D eigenvalue weighted by Gasteiger charge is 2.22. The number of benzene rings is 1. The number of hydrogen-bond acceptors (Lipinski definition) is 6. The first-order valence-electron chi connectivity index (χ1n) is 9.42. The Morgan fingerprint density at radius 1 is 1.00 bits per heavy atom. The normalized spacial score (nSPS) is 14.1. The molecule has 0 N–H and O–H groups in total. The topological polar surface area (TPSA) is 67.8 Å². The van der Waals surface area contributed by atoms with Gasteiger partial charge in [0.05, 0.1) is 13.2 Å². The molecule has 3 rings (SSSR count). The van der Waals surface area contributed by atoms with Gasteiger partial charge in [-0.15, -0.1) is 0 Å². The first kappa shape index (κ1) is 18.9. The van der Waals surface area contributed by atoms with Gasteiger partial charge in [0.2, 0.25) is 11.9 Å². The summed E-state index contributed by atoms with van der Waals surface area (Å²) in [4.78, 5) is 25.0. The standard InChI is InChI=1S/C20H26N4O3/c1-2-26-17-7-3-4-8-18(17)27-16-5-9-19(25)23-12-14-24(15-13-23)20-21-10-6-11-22-20/h3-4,6-8,10-11H,2,5,9,12-16H2,1H3. The second-order valence-electron chi connectivity index (χ2n) is 6.25. The Morgan fingerprint density at radius 2 is 1.67 bits per heavy atom. The number of piperazine rings is 1. The zero-order valence-electron chi connectivity index (χ0n) is 15.7. The predicted molar refractivity (Wildman–Crippen MR) is 103 cm³/mol. The lowest BCUT2D eigenvalue weighted by molar-refractivity contribution is -0.131. The average Bonchev–Trinajstić information content (AvgIpc) is 2.73. The maximum absolute atomic E-state index is 12.4. The van der Waals surface area contributed by atoms with Crippen molar-refractivity contribution in [2.45, 2.75) is 19.8 Å². The molecule has 0 atom stereocenters. The largest absolute Gasteiger partial charge is 0.490 e. The molecule has 1 fully saturated rings. The van der Waals surface area contributed by atoms with Crippen molar-refractivity contribution in [1.29, 1.82) is 0 Å². The minimum absolute atomic E-state index is 0.172. The van der Waals surface area contributed by atoms with E-state index in [0.717, 1.165) is 30.5 Å². The second kappa shape index (κ2) is 9.75. The third-order valence-corrected chi connectivity index (χ3v) is 4.41. The molecule has 1 aliphatic rings. The van der Waals surface area contributed by atoms with Crippen LogP contribution in [0.1, 0.15) is 19.8 Å². The van der Waals surface area contributed by atoms with Crippen molar-refractivity contribution in [3.05, 3.63) is 42.7 Å². The van der Waals surface area contributed by atoms with Crippen molar-refractivity contribution in [3.63, 3.8) is 0 Å². The van der Waals surface area contributed by atoms with Crippen molar-refractivity contribution in [3.8, 4) is 11.5 Å². The maximum atomic E-state index is 12.4. The summed E-state index contributed by atoms with van der Waals surface area (Å²) in [5, 5.41) is 0. The van der Waals surface area contributed by atoms with Crippen LogP contribution in [0.5, 0.6) is 11.5 Å². The van der Waals surface area contributed by atoms with Crippen molar-refractivity contribution in [1.82, 2.24) is 14.9 Å². The van der Waals surface area contributed by atoms with E-state index in [4.69, 9.17) is 9.47 Å². The minimum Gasteiger partial charge on any atom is -0.490 e. The molecule has 7 heteroatoms. The van der Waals surface area contributed by atoms with Crippen LogP contribution < -0.4 is 14.4 Å². The van der Waals surface area contributed by atoms with Gasteiger partial charge in [0.15, 0.2) is 11.5 Å². The van der Waals surface area contributed by atoms with Crippen LogP contribution in [0, 0.1) is 0 Å². The molecule has 2 heterocycles. The number of nitrogens with zero attached hydrogens (tertiary/aromatic N) is 4. The number of ether oxygens (including phenoxy) is 2. The van der Waals surface area contributed by atoms with Crippen LogP contribution in [0.4, 0.5) is 5.95 Å². The first-order valence-corrected chi connectivity index (χ1v) is 9.42. The third kappa shape index (κ3) is 5.32. The lowest BCUT2D eigenvalue weighted by Crippen LogP contribution is -2.49. The monoisotopic (exact) mass is 370 g/mol. The van der Waals surface area contributed by atoms with Gasteiger partial charge >= 0.3 is 0 Å². The molecule has 7 nitrogen and oxygen atoms in total. The Balaban J connectivity index is 1.38. The molecule has 0 unspecified atom stereocenters. The fraction of sp³-hybridized carbons (Fsp3) is 0.450. The van der Waals surface area contributed by atoms with E-state index in [1.807, 2.05) is 36.1 Å². The zero-order valence-corrected chi connectivity index (χ0v) is 15.7. The van der Waals surface area contributed by atoms with Gasteiger partial charge in [-0.2, -0.15) is 0 Å². The number of carbonyl (C=O) groups is 1. The molecule has 0 bridgehead atoms. The number of anilines is 1. The summed E-state index contributed by atoms with van der Waals surface area (Å²) in [5.74, 6) is 2.37. The Bertz CT molecular complexity index is 718. The van der Waals surface area contributed by atoms with Gasteiger partial charge in [-0.05, 0) is 31.5 Å². The average molecular weight is 370 g/mol. The van der Waals surface area contributed by atoms with E-state index in [0.29, 0.717) is 39.1 Å². The number of hydrogen-bond donors (Lipinski definition) is 0. The molecule has 1 aliphatic heterocycles. The molecule has 1 aromatic heterocycles. The van der Waals surface area contributed by atoms with E-state index in [9.17, 15) is 4.79 Å². The summed E-state index contributed by atoms with van der Waals surface area (Å²) in [6.45, 7) is 5.95. The van der Waals surface area contributed by atoms with Crippen molar-refractivity contribution in [2.24, 2.45) is 0 Å². The van der Waals surface area contributed by atoms with E-state index in [1.54, 1.807) is 18.5 Å². The van der Waals surface area contributed by atoms with Crippen molar-refractivity contribution in [2.75, 3.05) is 44.3 Å². The molecule has 0 saturated carbocycles. The quantitative estimate of drug-likeness (QED) is 0.665. The fourth-order valence-corrected chi connectivity index (χ4v) is 3.02. The molecule has 1 aromatic carbocycles. The first-order chi connectivity index (χ1) is 13.3. The SMILES string of the molecule is CCOc1ccccc1OCCCC(=O)N1CCN(c2ncccn2)CC1. The minimum atomic E-state index is 0.172. The van der Waals surface area contributed by atoms with Gasteiger partial charge in [0.1, 0.15) is 0 Å². The van der Waals surface area contributed by atoms with E-state index in [2.05, 4.69) is 14.9 Å². The van der Waals surface area contributed by atoms with Gasteiger partial charge in [-0.25, -0.2) is 9.97 Å². The molecule has 144 valence electrons. The summed E-state index contributed by atoms with van der Waals surface area (Å²) in [6.07, 6.45) is 4.65. The number of rotatable bonds is 8. The fourth-order valence-electron chi connectivity index (χ4n) is 3.02. The van der Waals surface area contributed by atoms with E-state index < -0.39 is 0 Å².